The van der Waals surface area contributed by atoms with Gasteiger partial charge in [0.05, 0.1) is 34.3 Å². The monoisotopic (exact) mass is 638 g/mol. The van der Waals surface area contributed by atoms with E-state index in [0.29, 0.717) is 45.4 Å². The van der Waals surface area contributed by atoms with Crippen molar-refractivity contribution in [2.45, 2.75) is 52.1 Å². The van der Waals surface area contributed by atoms with Gasteiger partial charge in [0.15, 0.2) is 6.10 Å². The lowest BCUT2D eigenvalue weighted by Gasteiger charge is -2.19. The molecular weight excluding hydrogens is 608 g/mol. The number of aromatic nitrogens is 1. The minimum Gasteiger partial charge on any atom is -0.450 e. The second-order valence-electron chi connectivity index (χ2n) is 11.3. The van der Waals surface area contributed by atoms with E-state index in [9.17, 15) is 19.2 Å². The highest BCUT2D eigenvalue weighted by molar-refractivity contribution is 9.10. The smallest absolute Gasteiger partial charge is 0.339 e. The number of hydrogen-bond donors (Lipinski definition) is 0. The second-order valence-corrected chi connectivity index (χ2v) is 12.2. The number of Topliss-reactive ketones (excluding diaryl/α,β-unsaturated/α-hetero) is 1. The maximum atomic E-state index is 13.7. The predicted octanol–water partition coefficient (Wildman–Crippen LogP) is 7.47. The number of carbonyl (C=O) groups is 4. The zero-order valence-corrected chi connectivity index (χ0v) is 25.6. The summed E-state index contributed by atoms with van der Waals surface area (Å²) in [6.07, 6.45) is 2.86. The summed E-state index contributed by atoms with van der Waals surface area (Å²) < 4.78 is 6.61. The lowest BCUT2D eigenvalue weighted by atomic mass is 9.81. The third-order valence-electron chi connectivity index (χ3n) is 8.52. The van der Waals surface area contributed by atoms with Crippen molar-refractivity contribution in [3.05, 3.63) is 94.0 Å². The summed E-state index contributed by atoms with van der Waals surface area (Å²) in [4.78, 5) is 59.2. The molecule has 0 radical (unpaired) electrons. The molecule has 4 aromatic rings. The molecule has 2 heterocycles. The Morgan fingerprint density at radius 2 is 1.60 bits per heavy atom. The number of rotatable bonds is 7. The topological polar surface area (TPSA) is 93.6 Å². The number of halogens is 1. The third kappa shape index (κ3) is 5.40. The number of ketones is 1. The van der Waals surface area contributed by atoms with Crippen LogP contribution >= 0.6 is 15.9 Å². The number of fused-ring (bicyclic) bond motifs is 2. The summed E-state index contributed by atoms with van der Waals surface area (Å²) in [5.41, 5.74) is 4.06. The molecule has 0 N–H and O–H groups in total. The first-order valence-electron chi connectivity index (χ1n) is 14.7. The van der Waals surface area contributed by atoms with E-state index >= 15 is 0 Å². The van der Waals surface area contributed by atoms with Crippen molar-refractivity contribution in [1.29, 1.82) is 0 Å². The highest BCUT2D eigenvalue weighted by Gasteiger charge is 2.48. The maximum absolute atomic E-state index is 13.7. The van der Waals surface area contributed by atoms with E-state index in [-0.39, 0.29) is 29.4 Å². The van der Waals surface area contributed by atoms with Crippen LogP contribution in [0.1, 0.15) is 65.3 Å². The van der Waals surface area contributed by atoms with Gasteiger partial charge in [0.1, 0.15) is 0 Å². The van der Waals surface area contributed by atoms with Crippen molar-refractivity contribution in [1.82, 2.24) is 4.98 Å². The Labute approximate surface area is 258 Å². The Morgan fingerprint density at radius 1 is 0.953 bits per heavy atom. The fourth-order valence-electron chi connectivity index (χ4n) is 6.27. The van der Waals surface area contributed by atoms with E-state index in [1.165, 1.54) is 4.90 Å². The van der Waals surface area contributed by atoms with Crippen molar-refractivity contribution in [2.24, 2.45) is 11.8 Å². The summed E-state index contributed by atoms with van der Waals surface area (Å²) >= 11 is 3.53. The Bertz CT molecular complexity index is 1730. The van der Waals surface area contributed by atoms with Gasteiger partial charge in [0.25, 0.3) is 0 Å². The number of anilines is 1. The van der Waals surface area contributed by atoms with Gasteiger partial charge in [0.2, 0.25) is 17.6 Å². The number of benzene rings is 3. The first-order valence-corrected chi connectivity index (χ1v) is 15.5. The first-order chi connectivity index (χ1) is 20.8. The number of amides is 2. The average Bonchev–Trinajstić information content (AvgIpc) is 3.28. The van der Waals surface area contributed by atoms with Crippen LogP contribution in [-0.4, -0.2) is 34.7 Å². The highest BCUT2D eigenvalue weighted by Crippen LogP contribution is 2.40. The fraction of sp³-hybridized carbons (Fsp3) is 0.286. The minimum absolute atomic E-state index is 0.118. The van der Waals surface area contributed by atoms with Crippen LogP contribution in [0.15, 0.2) is 77.3 Å². The normalized spacial score (nSPS) is 18.9. The van der Waals surface area contributed by atoms with Crippen LogP contribution in [0.25, 0.3) is 22.2 Å². The van der Waals surface area contributed by atoms with E-state index in [0.717, 1.165) is 35.7 Å². The van der Waals surface area contributed by atoms with Crippen molar-refractivity contribution in [3.63, 3.8) is 0 Å². The maximum Gasteiger partial charge on any atom is 0.339 e. The van der Waals surface area contributed by atoms with Gasteiger partial charge in [-0.1, -0.05) is 78.2 Å². The van der Waals surface area contributed by atoms with Crippen LogP contribution in [0.4, 0.5) is 5.69 Å². The minimum atomic E-state index is -0.937. The summed E-state index contributed by atoms with van der Waals surface area (Å²) in [5, 5.41) is 0.607. The van der Waals surface area contributed by atoms with Crippen LogP contribution in [0.5, 0.6) is 0 Å². The number of pyridine rings is 1. The number of aryl methyl sites for hydroxylation is 1. The summed E-state index contributed by atoms with van der Waals surface area (Å²) in [7, 11) is 0. The van der Waals surface area contributed by atoms with Crippen LogP contribution in [0, 0.1) is 18.8 Å². The van der Waals surface area contributed by atoms with Crippen molar-refractivity contribution < 1.29 is 23.9 Å². The molecule has 6 rings (SSSR count). The molecule has 1 saturated carbocycles. The zero-order chi connectivity index (χ0) is 30.2. The molecule has 1 aromatic heterocycles. The SMILES string of the molecule is CCC(OC(=O)c1cc(-c2ccc(N3C(=O)C4CCCCC4C3=O)cc2)nc2c(C)cc(Br)cc12)C(=O)c1ccccc1. The van der Waals surface area contributed by atoms with Gasteiger partial charge < -0.3 is 4.74 Å². The Morgan fingerprint density at radius 3 is 2.23 bits per heavy atom. The number of imide groups is 1. The molecule has 3 aromatic carbocycles. The van der Waals surface area contributed by atoms with Crippen LogP contribution < -0.4 is 4.90 Å². The Balaban J connectivity index is 1.34. The van der Waals surface area contributed by atoms with Gasteiger partial charge in [-0.15, -0.1) is 0 Å². The van der Waals surface area contributed by atoms with E-state index in [4.69, 9.17) is 9.72 Å². The molecule has 2 fully saturated rings. The van der Waals surface area contributed by atoms with Gasteiger partial charge in [-0.25, -0.2) is 9.78 Å². The molecule has 1 aliphatic carbocycles. The standard InChI is InChI=1S/C35H31BrN2O5/c1-3-30(32(39)22-9-5-4-6-10-22)43-35(42)28-19-29(37-31-20(2)17-23(36)18-27(28)31)21-13-15-24(16-14-21)38-33(40)25-11-7-8-12-26(25)34(38)41/h4-6,9-10,13-19,25-26,30H,3,7-8,11-12H2,1-2H3. The summed E-state index contributed by atoms with van der Waals surface area (Å²) in [5.74, 6) is -1.55. The van der Waals surface area contributed by atoms with Crippen molar-refractivity contribution in [3.8, 4) is 11.3 Å². The van der Waals surface area contributed by atoms with E-state index < -0.39 is 12.1 Å². The number of carbonyl (C=O) groups excluding carboxylic acids is 4. The summed E-state index contributed by atoms with van der Waals surface area (Å²) in [6.45, 7) is 3.72. The molecule has 1 saturated heterocycles. The number of esters is 1. The van der Waals surface area contributed by atoms with E-state index in [1.807, 2.05) is 44.2 Å². The van der Waals surface area contributed by atoms with Crippen LogP contribution in [-0.2, 0) is 14.3 Å². The Hall–Kier alpha value is -4.17. The quantitative estimate of drug-likeness (QED) is 0.118. The second kappa shape index (κ2) is 11.8. The molecule has 7 nitrogen and oxygen atoms in total. The molecular formula is C35H31BrN2O5. The van der Waals surface area contributed by atoms with Gasteiger partial charge in [-0.3, -0.25) is 19.3 Å². The van der Waals surface area contributed by atoms with Gasteiger partial charge >= 0.3 is 5.97 Å². The molecule has 3 unspecified atom stereocenters. The third-order valence-corrected chi connectivity index (χ3v) is 8.98. The molecule has 218 valence electrons. The number of hydrogen-bond acceptors (Lipinski definition) is 6. The molecule has 3 atom stereocenters. The number of ether oxygens (including phenoxy) is 1. The molecule has 0 spiro atoms. The Kier molecular flexibility index (Phi) is 7.97. The molecule has 0 bridgehead atoms. The largest absolute Gasteiger partial charge is 0.450 e. The van der Waals surface area contributed by atoms with E-state index in [2.05, 4.69) is 15.9 Å². The first kappa shape index (κ1) is 28.9. The van der Waals surface area contributed by atoms with Crippen molar-refractivity contribution >= 4 is 56.1 Å². The molecule has 8 heteroatoms. The molecule has 2 aliphatic rings. The molecule has 2 amide bonds. The number of nitrogens with zero attached hydrogens (tertiary/aromatic N) is 2. The fourth-order valence-corrected chi connectivity index (χ4v) is 6.85. The van der Waals surface area contributed by atoms with Gasteiger partial charge in [-0.05, 0) is 62.1 Å². The zero-order valence-electron chi connectivity index (χ0n) is 24.0. The van der Waals surface area contributed by atoms with Crippen LogP contribution in [0.2, 0.25) is 0 Å². The summed E-state index contributed by atoms with van der Waals surface area (Å²) in [6, 6.07) is 21.3. The van der Waals surface area contributed by atoms with Crippen LogP contribution in [0.3, 0.4) is 0 Å². The predicted molar refractivity (Wildman–Crippen MR) is 168 cm³/mol. The van der Waals surface area contributed by atoms with Gasteiger partial charge in [-0.2, -0.15) is 0 Å². The van der Waals surface area contributed by atoms with Crippen molar-refractivity contribution in [2.75, 3.05) is 4.90 Å². The lowest BCUT2D eigenvalue weighted by molar-refractivity contribution is -0.122. The molecule has 43 heavy (non-hydrogen) atoms. The average molecular weight is 640 g/mol. The highest BCUT2D eigenvalue weighted by atomic mass is 79.9. The molecule has 1 aliphatic heterocycles. The lowest BCUT2D eigenvalue weighted by Crippen LogP contribution is -2.30. The van der Waals surface area contributed by atoms with E-state index in [1.54, 1.807) is 42.5 Å². The van der Waals surface area contributed by atoms with Gasteiger partial charge in [0, 0.05) is 21.0 Å².